The summed E-state index contributed by atoms with van der Waals surface area (Å²) in [5.74, 6) is 0.224. The fraction of sp³-hybridized carbons (Fsp3) is 0.500. The summed E-state index contributed by atoms with van der Waals surface area (Å²) in [6, 6.07) is 5.44. The van der Waals surface area contributed by atoms with Crippen LogP contribution in [0.5, 0.6) is 0 Å². The van der Waals surface area contributed by atoms with Crippen LogP contribution in [-0.2, 0) is 16.3 Å². The molecular weight excluding hydrogens is 293 g/mol. The van der Waals surface area contributed by atoms with Gasteiger partial charge in [-0.15, -0.1) is 0 Å². The van der Waals surface area contributed by atoms with E-state index >= 15 is 0 Å². The van der Waals surface area contributed by atoms with Crippen LogP contribution in [0.4, 0.5) is 0 Å². The lowest BCUT2D eigenvalue weighted by atomic mass is 10.1. The normalized spacial score (nSPS) is 11.7. The summed E-state index contributed by atoms with van der Waals surface area (Å²) in [4.78, 5) is 0. The Bertz CT molecular complexity index is 489. The van der Waals surface area contributed by atoms with Gasteiger partial charge in [0.15, 0.2) is 0 Å². The molecule has 0 spiro atoms. The van der Waals surface area contributed by atoms with E-state index in [9.17, 15) is 8.42 Å². The Labute approximate surface area is 118 Å². The van der Waals surface area contributed by atoms with Gasteiger partial charge in [0.2, 0.25) is 0 Å². The molecule has 0 aliphatic heterocycles. The minimum atomic E-state index is -2.85. The van der Waals surface area contributed by atoms with Crippen LogP contribution in [0.2, 0.25) is 10.0 Å². The highest BCUT2D eigenvalue weighted by molar-refractivity contribution is 7.90. The lowest BCUT2D eigenvalue weighted by Gasteiger charge is -2.06. The van der Waals surface area contributed by atoms with Gasteiger partial charge in [0, 0.05) is 16.3 Å². The van der Waals surface area contributed by atoms with Gasteiger partial charge in [-0.1, -0.05) is 29.3 Å². The highest BCUT2D eigenvalue weighted by Crippen LogP contribution is 2.20. The number of benzene rings is 1. The molecule has 0 radical (unpaired) electrons. The first-order valence-corrected chi connectivity index (χ1v) is 8.52. The lowest BCUT2D eigenvalue weighted by Crippen LogP contribution is -2.20. The molecule has 0 heterocycles. The molecule has 6 heteroatoms. The third kappa shape index (κ3) is 6.59. The zero-order chi connectivity index (χ0) is 13.6. The Morgan fingerprint density at radius 1 is 1.22 bits per heavy atom. The second kappa shape index (κ2) is 7.34. The average Bonchev–Trinajstić information content (AvgIpc) is 2.24. The first-order chi connectivity index (χ1) is 8.38. The minimum Gasteiger partial charge on any atom is -0.316 e. The van der Waals surface area contributed by atoms with Gasteiger partial charge in [0.05, 0.1) is 5.75 Å². The highest BCUT2D eigenvalue weighted by Gasteiger charge is 2.02. The number of nitrogens with one attached hydrogen (secondary N) is 1. The molecule has 0 aromatic heterocycles. The van der Waals surface area contributed by atoms with Crippen molar-refractivity contribution in [1.29, 1.82) is 0 Å². The quantitative estimate of drug-likeness (QED) is 0.787. The van der Waals surface area contributed by atoms with E-state index in [1.165, 1.54) is 6.26 Å². The number of hydrogen-bond acceptors (Lipinski definition) is 3. The van der Waals surface area contributed by atoms with E-state index in [0.29, 0.717) is 23.0 Å². The van der Waals surface area contributed by atoms with Crippen molar-refractivity contribution in [1.82, 2.24) is 5.32 Å². The van der Waals surface area contributed by atoms with E-state index in [1.54, 1.807) is 6.07 Å². The van der Waals surface area contributed by atoms with E-state index < -0.39 is 9.84 Å². The first-order valence-electron chi connectivity index (χ1n) is 5.71. The van der Waals surface area contributed by atoms with Crippen LogP contribution in [0.25, 0.3) is 0 Å². The molecule has 1 rings (SSSR count). The van der Waals surface area contributed by atoms with Crippen LogP contribution in [0.15, 0.2) is 18.2 Å². The molecule has 0 saturated carbocycles. The van der Waals surface area contributed by atoms with Gasteiger partial charge in [0.25, 0.3) is 0 Å². The molecule has 18 heavy (non-hydrogen) atoms. The number of hydrogen-bond donors (Lipinski definition) is 1. The molecule has 3 nitrogen and oxygen atoms in total. The van der Waals surface area contributed by atoms with Gasteiger partial charge in [0.1, 0.15) is 9.84 Å². The molecule has 0 atom stereocenters. The minimum absolute atomic E-state index is 0.224. The Morgan fingerprint density at radius 3 is 2.56 bits per heavy atom. The third-order valence-corrected chi connectivity index (χ3v) is 4.07. The van der Waals surface area contributed by atoms with Crippen molar-refractivity contribution in [3.63, 3.8) is 0 Å². The molecular formula is C12H17Cl2NO2S. The average molecular weight is 310 g/mol. The maximum atomic E-state index is 10.9. The third-order valence-electron chi connectivity index (χ3n) is 2.45. The van der Waals surface area contributed by atoms with Crippen LogP contribution in [0.1, 0.15) is 12.0 Å². The predicted molar refractivity (Wildman–Crippen MR) is 77.4 cm³/mol. The summed E-state index contributed by atoms with van der Waals surface area (Å²) in [6.45, 7) is 1.46. The summed E-state index contributed by atoms with van der Waals surface area (Å²) < 4.78 is 21.8. The van der Waals surface area contributed by atoms with Crippen molar-refractivity contribution < 1.29 is 8.42 Å². The van der Waals surface area contributed by atoms with Crippen LogP contribution >= 0.6 is 23.2 Å². The summed E-state index contributed by atoms with van der Waals surface area (Å²) in [7, 11) is -2.85. The molecule has 0 amide bonds. The smallest absolute Gasteiger partial charge is 0.147 e. The Kier molecular flexibility index (Phi) is 6.43. The van der Waals surface area contributed by atoms with Crippen molar-refractivity contribution in [2.45, 2.75) is 12.8 Å². The largest absolute Gasteiger partial charge is 0.316 e. The van der Waals surface area contributed by atoms with Crippen LogP contribution in [0, 0.1) is 0 Å². The predicted octanol–water partition coefficient (Wildman–Crippen LogP) is 2.56. The molecule has 0 bridgehead atoms. The van der Waals surface area contributed by atoms with Crippen LogP contribution in [-0.4, -0.2) is 33.5 Å². The maximum Gasteiger partial charge on any atom is 0.147 e. The molecule has 1 aromatic carbocycles. The van der Waals surface area contributed by atoms with E-state index in [1.807, 2.05) is 12.1 Å². The highest BCUT2D eigenvalue weighted by atomic mass is 35.5. The van der Waals surface area contributed by atoms with E-state index in [4.69, 9.17) is 23.2 Å². The van der Waals surface area contributed by atoms with Crippen molar-refractivity contribution in [3.8, 4) is 0 Å². The van der Waals surface area contributed by atoms with Gasteiger partial charge in [-0.05, 0) is 43.6 Å². The maximum absolute atomic E-state index is 10.9. The fourth-order valence-electron chi connectivity index (χ4n) is 1.53. The topological polar surface area (TPSA) is 46.2 Å². The first kappa shape index (κ1) is 15.8. The SMILES string of the molecule is CS(=O)(=O)CCCNCCc1ccc(Cl)cc1Cl. The van der Waals surface area contributed by atoms with Crippen molar-refractivity contribution in [2.75, 3.05) is 25.1 Å². The van der Waals surface area contributed by atoms with Crippen LogP contribution < -0.4 is 5.32 Å². The summed E-state index contributed by atoms with van der Waals surface area (Å²) in [5.41, 5.74) is 1.04. The van der Waals surface area contributed by atoms with Gasteiger partial charge < -0.3 is 5.32 Å². The molecule has 0 unspecified atom stereocenters. The molecule has 1 aromatic rings. The van der Waals surface area contributed by atoms with E-state index in [-0.39, 0.29) is 5.75 Å². The summed E-state index contributed by atoms with van der Waals surface area (Å²) in [5, 5.41) is 4.49. The molecule has 102 valence electrons. The molecule has 0 saturated heterocycles. The van der Waals surface area contributed by atoms with E-state index in [0.717, 1.165) is 18.5 Å². The Morgan fingerprint density at radius 2 is 1.94 bits per heavy atom. The summed E-state index contributed by atoms with van der Waals surface area (Å²) in [6.07, 6.45) is 2.68. The lowest BCUT2D eigenvalue weighted by molar-refractivity contribution is 0.594. The molecule has 0 aliphatic rings. The zero-order valence-corrected chi connectivity index (χ0v) is 12.6. The van der Waals surface area contributed by atoms with Gasteiger partial charge in [-0.2, -0.15) is 0 Å². The monoisotopic (exact) mass is 309 g/mol. The second-order valence-corrected chi connectivity index (χ2v) is 7.32. The Hall–Kier alpha value is -0.290. The van der Waals surface area contributed by atoms with Crippen LogP contribution in [0.3, 0.4) is 0 Å². The second-order valence-electron chi connectivity index (χ2n) is 4.22. The number of sulfone groups is 1. The van der Waals surface area contributed by atoms with Gasteiger partial charge in [-0.25, -0.2) is 8.42 Å². The number of halogens is 2. The molecule has 0 fully saturated rings. The standard InChI is InChI=1S/C12H17Cl2NO2S/c1-18(16,17)8-2-6-15-7-5-10-3-4-11(13)9-12(10)14/h3-4,9,15H,2,5-8H2,1H3. The van der Waals surface area contributed by atoms with Crippen molar-refractivity contribution >= 4 is 33.0 Å². The molecule has 0 aliphatic carbocycles. The zero-order valence-electron chi connectivity index (χ0n) is 10.2. The van der Waals surface area contributed by atoms with Gasteiger partial charge in [-0.3, -0.25) is 0 Å². The van der Waals surface area contributed by atoms with Crippen molar-refractivity contribution in [3.05, 3.63) is 33.8 Å². The number of rotatable bonds is 7. The Balaban J connectivity index is 2.22. The van der Waals surface area contributed by atoms with E-state index in [2.05, 4.69) is 5.32 Å². The van der Waals surface area contributed by atoms with Gasteiger partial charge >= 0.3 is 0 Å². The fourth-order valence-corrected chi connectivity index (χ4v) is 2.70. The summed E-state index contributed by atoms with van der Waals surface area (Å²) >= 11 is 11.8. The van der Waals surface area contributed by atoms with Crippen molar-refractivity contribution in [2.24, 2.45) is 0 Å². The molecule has 1 N–H and O–H groups in total.